The minimum Gasteiger partial charge on any atom is -0.394 e. The molecule has 0 aliphatic rings. The summed E-state index contributed by atoms with van der Waals surface area (Å²) in [4.78, 5) is 0. The van der Waals surface area contributed by atoms with E-state index in [1.807, 2.05) is 35.9 Å². The number of nitrogens with two attached hydrogens (primary N) is 1. The van der Waals surface area contributed by atoms with Crippen molar-refractivity contribution in [3.8, 4) is 0 Å². The lowest BCUT2D eigenvalue weighted by Crippen LogP contribution is -2.08. The lowest BCUT2D eigenvalue weighted by Gasteiger charge is -2.14. The molecule has 18 heavy (non-hydrogen) atoms. The molecule has 4 nitrogen and oxygen atoms in total. The molecular formula is C13H17ClN4. The standard InChI is InChI=1S/C13H17ClN4/c1-8(2)18-13(12(15)9(3)17-18)16-11-7-5-4-6-10(11)14/h4-8,16H,15H2,1-3H3. The lowest BCUT2D eigenvalue weighted by molar-refractivity contribution is 0.536. The van der Waals surface area contributed by atoms with Gasteiger partial charge in [-0.05, 0) is 32.9 Å². The van der Waals surface area contributed by atoms with Gasteiger partial charge in [0.2, 0.25) is 0 Å². The highest BCUT2D eigenvalue weighted by Crippen LogP contribution is 2.31. The van der Waals surface area contributed by atoms with Gasteiger partial charge in [0.1, 0.15) is 0 Å². The first-order valence-corrected chi connectivity index (χ1v) is 6.24. The monoisotopic (exact) mass is 264 g/mol. The van der Waals surface area contributed by atoms with Crippen molar-refractivity contribution in [2.45, 2.75) is 26.8 Å². The van der Waals surface area contributed by atoms with Crippen molar-refractivity contribution in [1.29, 1.82) is 0 Å². The number of aryl methyl sites for hydroxylation is 1. The zero-order chi connectivity index (χ0) is 13.3. The number of hydrogen-bond acceptors (Lipinski definition) is 3. The van der Waals surface area contributed by atoms with E-state index in [9.17, 15) is 0 Å². The van der Waals surface area contributed by atoms with Crippen LogP contribution in [0.5, 0.6) is 0 Å². The molecule has 0 unspecified atom stereocenters. The highest BCUT2D eigenvalue weighted by Gasteiger charge is 2.15. The van der Waals surface area contributed by atoms with Crippen molar-refractivity contribution in [3.05, 3.63) is 35.0 Å². The fourth-order valence-corrected chi connectivity index (χ4v) is 1.93. The van der Waals surface area contributed by atoms with Crippen LogP contribution in [0.1, 0.15) is 25.6 Å². The average Bonchev–Trinajstić information content (AvgIpc) is 2.60. The van der Waals surface area contributed by atoms with Crippen molar-refractivity contribution >= 4 is 28.8 Å². The van der Waals surface area contributed by atoms with Gasteiger partial charge in [0.05, 0.1) is 22.1 Å². The van der Waals surface area contributed by atoms with Gasteiger partial charge in [-0.2, -0.15) is 5.10 Å². The zero-order valence-electron chi connectivity index (χ0n) is 10.7. The summed E-state index contributed by atoms with van der Waals surface area (Å²) in [5, 5.41) is 8.33. The Morgan fingerprint density at radius 2 is 2.00 bits per heavy atom. The topological polar surface area (TPSA) is 55.9 Å². The van der Waals surface area contributed by atoms with Gasteiger partial charge in [-0.1, -0.05) is 23.7 Å². The lowest BCUT2D eigenvalue weighted by atomic mass is 10.3. The molecule has 0 aliphatic heterocycles. The Balaban J connectivity index is 2.43. The van der Waals surface area contributed by atoms with E-state index in [0.717, 1.165) is 17.2 Å². The number of nitrogens with one attached hydrogen (secondary N) is 1. The average molecular weight is 265 g/mol. The Bertz CT molecular complexity index is 560. The summed E-state index contributed by atoms with van der Waals surface area (Å²) in [5.41, 5.74) is 8.35. The van der Waals surface area contributed by atoms with Crippen LogP contribution in [0.3, 0.4) is 0 Å². The maximum Gasteiger partial charge on any atom is 0.152 e. The number of aromatic nitrogens is 2. The van der Waals surface area contributed by atoms with E-state index in [0.29, 0.717) is 10.7 Å². The molecule has 0 amide bonds. The van der Waals surface area contributed by atoms with E-state index in [1.165, 1.54) is 0 Å². The van der Waals surface area contributed by atoms with E-state index in [-0.39, 0.29) is 6.04 Å². The summed E-state index contributed by atoms with van der Waals surface area (Å²) in [7, 11) is 0. The second-order valence-electron chi connectivity index (χ2n) is 4.49. The summed E-state index contributed by atoms with van der Waals surface area (Å²) in [5.74, 6) is 0.788. The number of halogens is 1. The van der Waals surface area contributed by atoms with E-state index in [2.05, 4.69) is 24.3 Å². The van der Waals surface area contributed by atoms with Gasteiger partial charge in [0.25, 0.3) is 0 Å². The minimum atomic E-state index is 0.228. The van der Waals surface area contributed by atoms with Crippen molar-refractivity contribution in [3.63, 3.8) is 0 Å². The first-order chi connectivity index (χ1) is 8.50. The molecule has 0 atom stereocenters. The summed E-state index contributed by atoms with van der Waals surface area (Å²) >= 11 is 6.13. The number of anilines is 3. The molecule has 5 heteroatoms. The first kappa shape index (κ1) is 12.8. The molecule has 2 rings (SSSR count). The highest BCUT2D eigenvalue weighted by molar-refractivity contribution is 6.33. The van der Waals surface area contributed by atoms with Gasteiger partial charge < -0.3 is 11.1 Å². The Morgan fingerprint density at radius 1 is 1.33 bits per heavy atom. The van der Waals surface area contributed by atoms with Crippen molar-refractivity contribution in [2.75, 3.05) is 11.1 Å². The maximum absolute atomic E-state index is 6.13. The van der Waals surface area contributed by atoms with Crippen LogP contribution in [-0.4, -0.2) is 9.78 Å². The van der Waals surface area contributed by atoms with Crippen LogP contribution in [0.2, 0.25) is 5.02 Å². The molecule has 1 aromatic carbocycles. The Labute approximate surface area is 112 Å². The van der Waals surface area contributed by atoms with E-state index in [1.54, 1.807) is 0 Å². The van der Waals surface area contributed by atoms with Gasteiger partial charge in [0, 0.05) is 6.04 Å². The molecule has 1 aromatic heterocycles. The Hall–Kier alpha value is -1.68. The van der Waals surface area contributed by atoms with Crippen LogP contribution in [0, 0.1) is 6.92 Å². The van der Waals surface area contributed by atoms with E-state index in [4.69, 9.17) is 17.3 Å². The quantitative estimate of drug-likeness (QED) is 0.888. The predicted molar refractivity (Wildman–Crippen MR) is 76.5 cm³/mol. The van der Waals surface area contributed by atoms with Crippen LogP contribution in [0.15, 0.2) is 24.3 Å². The molecule has 0 bridgehead atoms. The fraction of sp³-hybridized carbons (Fsp3) is 0.308. The Morgan fingerprint density at radius 3 is 2.61 bits per heavy atom. The number of nitrogen functional groups attached to an aromatic ring is 1. The van der Waals surface area contributed by atoms with Crippen molar-refractivity contribution in [1.82, 2.24) is 9.78 Å². The van der Waals surface area contributed by atoms with Gasteiger partial charge in [-0.15, -0.1) is 0 Å². The van der Waals surface area contributed by atoms with E-state index < -0.39 is 0 Å². The van der Waals surface area contributed by atoms with Crippen LogP contribution in [0.25, 0.3) is 0 Å². The second kappa shape index (κ2) is 4.90. The largest absolute Gasteiger partial charge is 0.394 e. The van der Waals surface area contributed by atoms with Crippen LogP contribution >= 0.6 is 11.6 Å². The molecule has 0 radical (unpaired) electrons. The normalized spacial score (nSPS) is 10.9. The summed E-state index contributed by atoms with van der Waals surface area (Å²) < 4.78 is 1.87. The molecule has 1 heterocycles. The molecular weight excluding hydrogens is 248 g/mol. The summed E-state index contributed by atoms with van der Waals surface area (Å²) in [6, 6.07) is 7.79. The Kier molecular flexibility index (Phi) is 3.48. The molecule has 2 aromatic rings. The van der Waals surface area contributed by atoms with Gasteiger partial charge >= 0.3 is 0 Å². The van der Waals surface area contributed by atoms with Gasteiger partial charge in [-0.3, -0.25) is 0 Å². The van der Waals surface area contributed by atoms with Gasteiger partial charge in [-0.25, -0.2) is 4.68 Å². The minimum absolute atomic E-state index is 0.228. The zero-order valence-corrected chi connectivity index (χ0v) is 11.5. The number of para-hydroxylation sites is 1. The number of benzene rings is 1. The third kappa shape index (κ3) is 2.29. The predicted octanol–water partition coefficient (Wildman–Crippen LogP) is 3.75. The summed E-state index contributed by atoms with van der Waals surface area (Å²) in [6.07, 6.45) is 0. The van der Waals surface area contributed by atoms with E-state index >= 15 is 0 Å². The molecule has 0 saturated carbocycles. The SMILES string of the molecule is Cc1nn(C(C)C)c(Nc2ccccc2Cl)c1N. The second-order valence-corrected chi connectivity index (χ2v) is 4.90. The summed E-state index contributed by atoms with van der Waals surface area (Å²) in [6.45, 7) is 6.01. The van der Waals surface area contributed by atoms with Crippen LogP contribution in [-0.2, 0) is 0 Å². The molecule has 0 spiro atoms. The molecule has 96 valence electrons. The van der Waals surface area contributed by atoms with Crippen LogP contribution < -0.4 is 11.1 Å². The highest BCUT2D eigenvalue weighted by atomic mass is 35.5. The van der Waals surface area contributed by atoms with Crippen molar-refractivity contribution < 1.29 is 0 Å². The molecule has 3 N–H and O–H groups in total. The fourth-order valence-electron chi connectivity index (χ4n) is 1.75. The first-order valence-electron chi connectivity index (χ1n) is 5.87. The molecule has 0 fully saturated rings. The number of nitrogens with zero attached hydrogens (tertiary/aromatic N) is 2. The van der Waals surface area contributed by atoms with Gasteiger partial charge in [0.15, 0.2) is 5.82 Å². The third-order valence-corrected chi connectivity index (χ3v) is 3.08. The molecule has 0 saturated heterocycles. The smallest absolute Gasteiger partial charge is 0.152 e. The molecule has 0 aliphatic carbocycles. The third-order valence-electron chi connectivity index (χ3n) is 2.75. The maximum atomic E-state index is 6.13. The van der Waals surface area contributed by atoms with Crippen molar-refractivity contribution in [2.24, 2.45) is 0 Å². The number of hydrogen-bond donors (Lipinski definition) is 2. The number of rotatable bonds is 3. The van der Waals surface area contributed by atoms with Crippen LogP contribution in [0.4, 0.5) is 17.2 Å².